The summed E-state index contributed by atoms with van der Waals surface area (Å²) in [5, 5.41) is 38.6. The van der Waals surface area contributed by atoms with Gasteiger partial charge >= 0.3 is 12.1 Å². The molecule has 1 aliphatic rings. The van der Waals surface area contributed by atoms with E-state index in [1.807, 2.05) is 0 Å². The third-order valence-electron chi connectivity index (χ3n) is 5.06. The fourth-order valence-electron chi connectivity index (χ4n) is 2.92. The third-order valence-corrected chi connectivity index (χ3v) is 6.62. The number of sulfonamides is 1. The third kappa shape index (κ3) is 7.09. The summed E-state index contributed by atoms with van der Waals surface area (Å²) < 4.78 is 42.0. The molecular weight excluding hydrogens is 476 g/mol. The minimum atomic E-state index is -3.94. The topological polar surface area (TPSA) is 192 Å². The van der Waals surface area contributed by atoms with Crippen molar-refractivity contribution in [2.75, 3.05) is 26.8 Å². The maximum Gasteiger partial charge on any atom is 0.412 e. The van der Waals surface area contributed by atoms with Crippen molar-refractivity contribution >= 4 is 22.1 Å². The van der Waals surface area contributed by atoms with E-state index in [4.69, 9.17) is 19.3 Å². The highest BCUT2D eigenvalue weighted by molar-refractivity contribution is 7.89. The van der Waals surface area contributed by atoms with Gasteiger partial charge in [0.15, 0.2) is 0 Å². The van der Waals surface area contributed by atoms with E-state index < -0.39 is 65.4 Å². The number of nitrogens with one attached hydrogen (secondary N) is 1. The number of ether oxygens (including phenoxy) is 3. The van der Waals surface area contributed by atoms with E-state index in [1.165, 1.54) is 26.1 Å². The smallest absolute Gasteiger partial charge is 0.412 e. The first kappa shape index (κ1) is 27.9. The van der Waals surface area contributed by atoms with Crippen molar-refractivity contribution in [1.29, 1.82) is 0 Å². The lowest BCUT2D eigenvalue weighted by atomic mass is 9.99. The molecule has 1 aromatic rings. The van der Waals surface area contributed by atoms with Gasteiger partial charge in [-0.2, -0.15) is 4.72 Å². The van der Waals surface area contributed by atoms with Gasteiger partial charge in [0.1, 0.15) is 37.1 Å². The quantitative estimate of drug-likeness (QED) is 0.234. The Balaban J connectivity index is 1.81. The zero-order chi connectivity index (χ0) is 25.6. The van der Waals surface area contributed by atoms with Gasteiger partial charge in [-0.3, -0.25) is 4.79 Å². The molecule has 2 rings (SSSR count). The van der Waals surface area contributed by atoms with E-state index in [2.05, 4.69) is 4.72 Å². The predicted molar refractivity (Wildman–Crippen MR) is 115 cm³/mol. The second kappa shape index (κ2) is 11.9. The molecule has 1 aliphatic heterocycles. The predicted octanol–water partition coefficient (Wildman–Crippen LogP) is -1.93. The van der Waals surface area contributed by atoms with Gasteiger partial charge < -0.3 is 39.5 Å². The summed E-state index contributed by atoms with van der Waals surface area (Å²) in [5.41, 5.74) is 0.876. The number of aryl methyl sites for hydroxylation is 1. The van der Waals surface area contributed by atoms with Crippen LogP contribution in [0.1, 0.15) is 12.5 Å². The Bertz CT molecular complexity index is 938. The number of benzene rings is 1. The van der Waals surface area contributed by atoms with Gasteiger partial charge in [-0.1, -0.05) is 17.7 Å². The molecule has 1 amide bonds. The molecule has 13 nitrogen and oxygen atoms in total. The number of rotatable bonds is 9. The van der Waals surface area contributed by atoms with Gasteiger partial charge in [0, 0.05) is 7.05 Å². The Hall–Kier alpha value is -2.33. The number of amides is 1. The van der Waals surface area contributed by atoms with Crippen LogP contribution in [0.3, 0.4) is 0 Å². The molecular formula is C20H30N2O11S. The lowest BCUT2D eigenvalue weighted by Gasteiger charge is -2.39. The second-order valence-corrected chi connectivity index (χ2v) is 9.54. The van der Waals surface area contributed by atoms with Gasteiger partial charge in [-0.15, -0.1) is 0 Å². The zero-order valence-corrected chi connectivity index (χ0v) is 19.7. The van der Waals surface area contributed by atoms with Crippen LogP contribution in [0.5, 0.6) is 0 Å². The highest BCUT2D eigenvalue weighted by Gasteiger charge is 2.45. The van der Waals surface area contributed by atoms with Crippen molar-refractivity contribution in [1.82, 2.24) is 9.62 Å². The average molecular weight is 507 g/mol. The van der Waals surface area contributed by atoms with E-state index in [1.54, 1.807) is 19.1 Å². The fourth-order valence-corrected chi connectivity index (χ4v) is 4.11. The molecule has 0 bridgehead atoms. The molecule has 1 fully saturated rings. The molecule has 1 heterocycles. The Morgan fingerprint density at radius 3 is 2.35 bits per heavy atom. The van der Waals surface area contributed by atoms with Gasteiger partial charge in [0.2, 0.25) is 16.3 Å². The first-order valence-electron chi connectivity index (χ1n) is 10.3. The van der Waals surface area contributed by atoms with Crippen LogP contribution in [0.2, 0.25) is 0 Å². The van der Waals surface area contributed by atoms with Crippen LogP contribution >= 0.6 is 0 Å². The maximum atomic E-state index is 12.4. The normalized spacial score (nSPS) is 25.9. The van der Waals surface area contributed by atoms with E-state index in [-0.39, 0.29) is 18.0 Å². The number of esters is 1. The van der Waals surface area contributed by atoms with E-state index >= 15 is 0 Å². The van der Waals surface area contributed by atoms with Crippen LogP contribution in [-0.2, 0) is 29.0 Å². The molecule has 34 heavy (non-hydrogen) atoms. The molecule has 0 saturated carbocycles. The molecule has 0 radical (unpaired) electrons. The van der Waals surface area contributed by atoms with Crippen LogP contribution in [0, 0.1) is 6.92 Å². The molecule has 192 valence electrons. The van der Waals surface area contributed by atoms with Gasteiger partial charge in [0.25, 0.3) is 0 Å². The van der Waals surface area contributed by atoms with Crippen LogP contribution in [0.15, 0.2) is 29.2 Å². The summed E-state index contributed by atoms with van der Waals surface area (Å²) in [6.07, 6.45) is -8.96. The number of aliphatic hydroxyl groups is 4. The van der Waals surface area contributed by atoms with Crippen LogP contribution in [0.25, 0.3) is 0 Å². The average Bonchev–Trinajstić information content (AvgIpc) is 2.79. The van der Waals surface area contributed by atoms with Crippen molar-refractivity contribution in [2.24, 2.45) is 0 Å². The Kier molecular flexibility index (Phi) is 9.75. The Morgan fingerprint density at radius 1 is 1.15 bits per heavy atom. The van der Waals surface area contributed by atoms with Crippen LogP contribution in [-0.4, -0.2) is 109 Å². The molecule has 0 aromatic heterocycles. The second-order valence-electron chi connectivity index (χ2n) is 7.83. The lowest BCUT2D eigenvalue weighted by molar-refractivity contribution is -0.286. The first-order chi connectivity index (χ1) is 15.9. The largest absolute Gasteiger partial charge is 0.463 e. The van der Waals surface area contributed by atoms with E-state index in [0.717, 1.165) is 10.5 Å². The highest BCUT2D eigenvalue weighted by atomic mass is 32.2. The summed E-state index contributed by atoms with van der Waals surface area (Å²) in [6.45, 7) is 1.98. The molecule has 1 saturated heterocycles. The molecule has 14 heteroatoms. The van der Waals surface area contributed by atoms with Gasteiger partial charge in [0.05, 0.1) is 18.0 Å². The van der Waals surface area contributed by atoms with Crippen molar-refractivity contribution in [3.05, 3.63) is 29.8 Å². The number of carbonyl (C=O) groups is 2. The lowest BCUT2D eigenvalue weighted by Crippen LogP contribution is -2.59. The number of aliphatic hydroxyl groups excluding tert-OH is 4. The highest BCUT2D eigenvalue weighted by Crippen LogP contribution is 2.22. The SMILES string of the molecule is Cc1ccc(S(=O)(=O)NC(C)C(=O)OCCN(C)C(=O)OC2O[C@H](CO)[C@@H](O)[C@H](O)[C@H]2O)cc1. The Morgan fingerprint density at radius 2 is 1.76 bits per heavy atom. The summed E-state index contributed by atoms with van der Waals surface area (Å²) >= 11 is 0. The summed E-state index contributed by atoms with van der Waals surface area (Å²) in [6, 6.07) is 4.86. The molecule has 1 aromatic carbocycles. The number of hydrogen-bond donors (Lipinski definition) is 5. The maximum absolute atomic E-state index is 12.4. The van der Waals surface area contributed by atoms with E-state index in [9.17, 15) is 33.3 Å². The minimum absolute atomic E-state index is 0.00609. The minimum Gasteiger partial charge on any atom is -0.463 e. The number of nitrogens with zero attached hydrogens (tertiary/aromatic N) is 1. The standard InChI is InChI=1S/C20H30N2O11S/c1-11-4-6-13(7-5-11)34(29,30)21-12(2)18(27)31-9-8-22(3)20(28)33-19-17(26)16(25)15(24)14(10-23)32-19/h4-7,12,14-17,19,21,23-26H,8-10H2,1-3H3/t12?,14-,15-,16+,17-,19?/m1/s1. The summed E-state index contributed by atoms with van der Waals surface area (Å²) in [7, 11) is -2.65. The van der Waals surface area contributed by atoms with Crippen LogP contribution in [0.4, 0.5) is 4.79 Å². The number of likely N-dealkylation sites (N-methyl/N-ethyl adjacent to an activating group) is 1. The molecule has 5 N–H and O–H groups in total. The fraction of sp³-hybridized carbons (Fsp3) is 0.600. The molecule has 2 unspecified atom stereocenters. The van der Waals surface area contributed by atoms with Gasteiger partial charge in [-0.25, -0.2) is 13.2 Å². The van der Waals surface area contributed by atoms with Crippen molar-refractivity contribution in [3.63, 3.8) is 0 Å². The van der Waals surface area contributed by atoms with Crippen molar-refractivity contribution in [2.45, 2.75) is 55.5 Å². The number of carbonyl (C=O) groups excluding carboxylic acids is 2. The molecule has 0 aliphatic carbocycles. The number of hydrogen-bond acceptors (Lipinski definition) is 11. The molecule has 0 spiro atoms. The first-order valence-corrected chi connectivity index (χ1v) is 11.8. The zero-order valence-electron chi connectivity index (χ0n) is 18.9. The summed E-state index contributed by atoms with van der Waals surface area (Å²) in [5.74, 6) is -0.869. The Labute approximate surface area is 196 Å². The van der Waals surface area contributed by atoms with Gasteiger partial charge in [-0.05, 0) is 26.0 Å². The van der Waals surface area contributed by atoms with Crippen LogP contribution < -0.4 is 4.72 Å². The van der Waals surface area contributed by atoms with Crippen molar-refractivity contribution < 1.29 is 52.6 Å². The summed E-state index contributed by atoms with van der Waals surface area (Å²) in [4.78, 5) is 25.3. The van der Waals surface area contributed by atoms with Crippen molar-refractivity contribution in [3.8, 4) is 0 Å². The van der Waals surface area contributed by atoms with E-state index in [0.29, 0.717) is 0 Å². The monoisotopic (exact) mass is 506 g/mol. The molecule has 6 atom stereocenters.